The van der Waals surface area contributed by atoms with Crippen molar-refractivity contribution < 1.29 is 28.5 Å². The number of aromatic nitrogens is 2. The molecule has 4 rings (SSSR count). The summed E-state index contributed by atoms with van der Waals surface area (Å²) >= 11 is 3.50. The van der Waals surface area contributed by atoms with Gasteiger partial charge in [-0.05, 0) is 23.3 Å². The molecule has 1 aliphatic heterocycles. The molecule has 1 aliphatic rings. The number of nitrogens with zero attached hydrogens (tertiary/aromatic N) is 2. The highest BCUT2D eigenvalue weighted by Crippen LogP contribution is 2.37. The predicted molar refractivity (Wildman–Crippen MR) is 143 cm³/mol. The summed E-state index contributed by atoms with van der Waals surface area (Å²) in [5, 5.41) is 3.26. The molecular formula is C27H28BrN3O7. The number of alkyl halides is 1. The number of benzene rings is 2. The number of halogens is 1. The van der Waals surface area contributed by atoms with Gasteiger partial charge in [0, 0.05) is 32.2 Å². The molecule has 10 nitrogen and oxygen atoms in total. The van der Waals surface area contributed by atoms with Crippen LogP contribution in [0, 0.1) is 0 Å². The standard InChI is InChI=1S/C27H28BrN3O7/c1-16(32)36-15-22-23(28)24(37-17(2)33)26(38-22)31-14-21(19-7-5-4-6-8-19)25(30-27(31)34)29-13-18-9-11-20(35-3)12-10-18/h4-12,14,22-24,26H,13,15H2,1-3H3,(H,29,30,34)/t22-,23+,24-,26-/m1/s1. The SMILES string of the molecule is COc1ccc(CNc2nc(=O)n([C@@H]3O[C@H](COC(C)=O)[C@H](Br)[C@H]3OC(C)=O)cc2-c2ccccc2)cc1. The molecule has 1 aromatic heterocycles. The Morgan fingerprint density at radius 1 is 1.08 bits per heavy atom. The molecule has 0 bridgehead atoms. The van der Waals surface area contributed by atoms with Crippen molar-refractivity contribution in [2.75, 3.05) is 19.0 Å². The summed E-state index contributed by atoms with van der Waals surface area (Å²) in [6.07, 6.45) is -0.889. The summed E-state index contributed by atoms with van der Waals surface area (Å²) in [5.74, 6) is 0.124. The van der Waals surface area contributed by atoms with Crippen LogP contribution >= 0.6 is 15.9 Å². The minimum Gasteiger partial charge on any atom is -0.497 e. The molecular weight excluding hydrogens is 558 g/mol. The Kier molecular flexibility index (Phi) is 8.80. The van der Waals surface area contributed by atoms with Crippen LogP contribution < -0.4 is 15.7 Å². The molecule has 0 amide bonds. The second-order valence-electron chi connectivity index (χ2n) is 8.65. The van der Waals surface area contributed by atoms with Crippen LogP contribution in [0.2, 0.25) is 0 Å². The smallest absolute Gasteiger partial charge is 0.351 e. The monoisotopic (exact) mass is 585 g/mol. The molecule has 0 saturated carbocycles. The number of ether oxygens (including phenoxy) is 4. The van der Waals surface area contributed by atoms with Gasteiger partial charge in [-0.1, -0.05) is 58.4 Å². The van der Waals surface area contributed by atoms with Crippen molar-refractivity contribution in [1.29, 1.82) is 0 Å². The zero-order valence-electron chi connectivity index (χ0n) is 21.1. The van der Waals surface area contributed by atoms with E-state index in [0.29, 0.717) is 17.9 Å². The number of rotatable bonds is 9. The number of carbonyl (C=O) groups excluding carboxylic acids is 2. The third-order valence-electron chi connectivity index (χ3n) is 5.95. The molecule has 4 atom stereocenters. The van der Waals surface area contributed by atoms with Crippen molar-refractivity contribution in [2.45, 2.75) is 43.7 Å². The van der Waals surface area contributed by atoms with E-state index < -0.39 is 40.9 Å². The van der Waals surface area contributed by atoms with Crippen molar-refractivity contribution in [3.63, 3.8) is 0 Å². The second-order valence-corrected chi connectivity index (χ2v) is 9.70. The quantitative estimate of drug-likeness (QED) is 0.296. The van der Waals surface area contributed by atoms with Gasteiger partial charge in [-0.15, -0.1) is 0 Å². The summed E-state index contributed by atoms with van der Waals surface area (Å²) < 4.78 is 23.2. The molecule has 38 heavy (non-hydrogen) atoms. The lowest BCUT2D eigenvalue weighted by Gasteiger charge is -2.23. The molecule has 1 N–H and O–H groups in total. The molecule has 2 heterocycles. The maximum absolute atomic E-state index is 13.3. The zero-order chi connectivity index (χ0) is 27.2. The number of hydrogen-bond donors (Lipinski definition) is 1. The molecule has 3 aromatic rings. The van der Waals surface area contributed by atoms with E-state index in [9.17, 15) is 14.4 Å². The lowest BCUT2D eigenvalue weighted by Crippen LogP contribution is -2.37. The number of carbonyl (C=O) groups is 2. The Balaban J connectivity index is 1.70. The third-order valence-corrected chi connectivity index (χ3v) is 7.06. The molecule has 2 aromatic carbocycles. The number of hydrogen-bond acceptors (Lipinski definition) is 9. The first kappa shape index (κ1) is 27.3. The van der Waals surface area contributed by atoms with E-state index in [1.165, 1.54) is 18.4 Å². The highest BCUT2D eigenvalue weighted by atomic mass is 79.9. The molecule has 1 saturated heterocycles. The van der Waals surface area contributed by atoms with Gasteiger partial charge in [-0.2, -0.15) is 4.98 Å². The fraction of sp³-hybridized carbons (Fsp3) is 0.333. The van der Waals surface area contributed by atoms with Crippen LogP contribution in [0.5, 0.6) is 5.75 Å². The van der Waals surface area contributed by atoms with E-state index >= 15 is 0 Å². The summed E-state index contributed by atoms with van der Waals surface area (Å²) in [5.41, 5.74) is 1.84. The minimum atomic E-state index is -0.998. The molecule has 0 spiro atoms. The van der Waals surface area contributed by atoms with Gasteiger partial charge in [0.1, 0.15) is 24.3 Å². The first-order valence-corrected chi connectivity index (χ1v) is 12.8. The molecule has 0 unspecified atom stereocenters. The summed E-state index contributed by atoms with van der Waals surface area (Å²) in [4.78, 5) is 40.3. The van der Waals surface area contributed by atoms with Crippen molar-refractivity contribution >= 4 is 33.7 Å². The normalized spacial score (nSPS) is 20.5. The van der Waals surface area contributed by atoms with Crippen LogP contribution in [-0.2, 0) is 30.3 Å². The predicted octanol–water partition coefficient (Wildman–Crippen LogP) is 3.69. The van der Waals surface area contributed by atoms with Gasteiger partial charge in [0.2, 0.25) is 0 Å². The Morgan fingerprint density at radius 2 is 1.79 bits per heavy atom. The van der Waals surface area contributed by atoms with Crippen LogP contribution in [0.25, 0.3) is 11.1 Å². The minimum absolute atomic E-state index is 0.0747. The largest absolute Gasteiger partial charge is 0.497 e. The van der Waals surface area contributed by atoms with E-state index in [1.54, 1.807) is 13.3 Å². The van der Waals surface area contributed by atoms with Crippen molar-refractivity contribution in [2.24, 2.45) is 0 Å². The molecule has 0 aliphatic carbocycles. The fourth-order valence-electron chi connectivity index (χ4n) is 4.11. The van der Waals surface area contributed by atoms with E-state index in [1.807, 2.05) is 54.6 Å². The molecule has 11 heteroatoms. The average Bonchev–Trinajstić information content (AvgIpc) is 3.21. The highest BCUT2D eigenvalue weighted by molar-refractivity contribution is 9.09. The zero-order valence-corrected chi connectivity index (χ0v) is 22.7. The summed E-state index contributed by atoms with van der Waals surface area (Å²) in [7, 11) is 1.61. The van der Waals surface area contributed by atoms with E-state index in [-0.39, 0.29) is 6.61 Å². The number of anilines is 1. The maximum atomic E-state index is 13.3. The molecule has 200 valence electrons. The maximum Gasteiger partial charge on any atom is 0.351 e. The van der Waals surface area contributed by atoms with Crippen LogP contribution in [0.15, 0.2) is 65.6 Å². The van der Waals surface area contributed by atoms with Crippen LogP contribution in [-0.4, -0.2) is 52.2 Å². The van der Waals surface area contributed by atoms with E-state index in [2.05, 4.69) is 26.2 Å². The summed E-state index contributed by atoms with van der Waals surface area (Å²) in [6.45, 7) is 2.91. The lowest BCUT2D eigenvalue weighted by atomic mass is 10.1. The highest BCUT2D eigenvalue weighted by Gasteiger charge is 2.47. The van der Waals surface area contributed by atoms with Crippen LogP contribution in [0.4, 0.5) is 5.82 Å². The fourth-order valence-corrected chi connectivity index (χ4v) is 4.76. The van der Waals surface area contributed by atoms with Crippen LogP contribution in [0.3, 0.4) is 0 Å². The van der Waals surface area contributed by atoms with Gasteiger partial charge in [-0.3, -0.25) is 14.2 Å². The molecule has 0 radical (unpaired) electrons. The van der Waals surface area contributed by atoms with E-state index in [0.717, 1.165) is 16.9 Å². The number of nitrogens with one attached hydrogen (secondary N) is 1. The Labute approximate surface area is 228 Å². The topological polar surface area (TPSA) is 118 Å². The first-order chi connectivity index (χ1) is 18.3. The Bertz CT molecular complexity index is 1330. The van der Waals surface area contributed by atoms with Gasteiger partial charge in [0.15, 0.2) is 12.3 Å². The molecule has 1 fully saturated rings. The van der Waals surface area contributed by atoms with Gasteiger partial charge in [0.25, 0.3) is 0 Å². The second kappa shape index (κ2) is 12.2. The van der Waals surface area contributed by atoms with E-state index in [4.69, 9.17) is 18.9 Å². The third kappa shape index (κ3) is 6.40. The first-order valence-electron chi connectivity index (χ1n) is 11.9. The average molecular weight is 586 g/mol. The van der Waals surface area contributed by atoms with Crippen molar-refractivity contribution in [1.82, 2.24) is 9.55 Å². The van der Waals surface area contributed by atoms with Gasteiger partial charge in [0.05, 0.1) is 11.9 Å². The number of esters is 2. The van der Waals surface area contributed by atoms with Crippen molar-refractivity contribution in [3.05, 3.63) is 76.8 Å². The van der Waals surface area contributed by atoms with Crippen LogP contribution in [0.1, 0.15) is 25.6 Å². The van der Waals surface area contributed by atoms with Crippen molar-refractivity contribution in [3.8, 4) is 16.9 Å². The number of methoxy groups -OCH3 is 1. The van der Waals surface area contributed by atoms with Gasteiger partial charge in [-0.25, -0.2) is 4.79 Å². The Morgan fingerprint density at radius 3 is 2.42 bits per heavy atom. The lowest BCUT2D eigenvalue weighted by molar-refractivity contribution is -0.153. The summed E-state index contributed by atoms with van der Waals surface area (Å²) in [6, 6.07) is 17.0. The van der Waals surface area contributed by atoms with Gasteiger partial charge < -0.3 is 24.3 Å². The van der Waals surface area contributed by atoms with Gasteiger partial charge >= 0.3 is 17.6 Å². The Hall–Kier alpha value is -3.70.